The number of Topliss-reactive ketones (excluding diaryl/α,β-unsaturated/α-hetero) is 1. The van der Waals surface area contributed by atoms with Crippen LogP contribution in [0.25, 0.3) is 0 Å². The van der Waals surface area contributed by atoms with Gasteiger partial charge in [-0.2, -0.15) is 5.10 Å². The molecule has 1 aromatic heterocycles. The van der Waals surface area contributed by atoms with Gasteiger partial charge in [0, 0.05) is 12.1 Å². The molecule has 0 spiro atoms. The summed E-state index contributed by atoms with van der Waals surface area (Å²) in [7, 11) is 0. The van der Waals surface area contributed by atoms with Gasteiger partial charge in [0.05, 0.1) is 6.61 Å². The number of hydrogen-bond acceptors (Lipinski definition) is 4. The summed E-state index contributed by atoms with van der Waals surface area (Å²) in [6, 6.07) is 7.70. The number of nitrogens with one attached hydrogen (secondary N) is 1. The average molecular weight is 286 g/mol. The van der Waals surface area contributed by atoms with Gasteiger partial charge in [-0.3, -0.25) is 9.89 Å². The zero-order valence-corrected chi connectivity index (χ0v) is 12.4. The first-order chi connectivity index (χ1) is 10.0. The molecule has 0 atom stereocenters. The fourth-order valence-corrected chi connectivity index (χ4v) is 2.06. The van der Waals surface area contributed by atoms with Gasteiger partial charge in [0.2, 0.25) is 0 Å². The molecule has 0 aliphatic carbocycles. The quantitative estimate of drug-likeness (QED) is 0.677. The summed E-state index contributed by atoms with van der Waals surface area (Å²) in [6.07, 6.45) is 0.205. The second kappa shape index (κ2) is 6.35. The Morgan fingerprint density at radius 1 is 1.19 bits per heavy atom. The smallest absolute Gasteiger partial charge is 0.342 e. The van der Waals surface area contributed by atoms with E-state index in [0.717, 1.165) is 11.1 Å². The summed E-state index contributed by atoms with van der Waals surface area (Å²) in [6.45, 7) is 5.67. The van der Waals surface area contributed by atoms with E-state index in [2.05, 4.69) is 10.2 Å². The van der Waals surface area contributed by atoms with Gasteiger partial charge in [-0.05, 0) is 26.3 Å². The minimum atomic E-state index is -0.518. The highest BCUT2D eigenvalue weighted by molar-refractivity contribution is 6.06. The van der Waals surface area contributed by atoms with Gasteiger partial charge in [0.1, 0.15) is 11.3 Å². The Hall–Kier alpha value is -2.43. The first-order valence-corrected chi connectivity index (χ1v) is 6.83. The van der Waals surface area contributed by atoms with Crippen molar-refractivity contribution in [3.63, 3.8) is 0 Å². The molecule has 0 radical (unpaired) electrons. The molecular weight excluding hydrogens is 268 g/mol. The Morgan fingerprint density at radius 3 is 2.48 bits per heavy atom. The first kappa shape index (κ1) is 15.0. The molecule has 0 aliphatic rings. The lowest BCUT2D eigenvalue weighted by molar-refractivity contribution is 0.0522. The molecule has 0 saturated heterocycles. The number of ether oxygens (including phenoxy) is 1. The van der Waals surface area contributed by atoms with Crippen LogP contribution in [0.15, 0.2) is 24.3 Å². The summed E-state index contributed by atoms with van der Waals surface area (Å²) in [5.74, 6) is -0.720. The van der Waals surface area contributed by atoms with Gasteiger partial charge in [-0.1, -0.05) is 29.8 Å². The van der Waals surface area contributed by atoms with Gasteiger partial charge in [0.15, 0.2) is 5.78 Å². The molecule has 110 valence electrons. The molecule has 1 aromatic carbocycles. The van der Waals surface area contributed by atoms with Crippen molar-refractivity contribution in [3.05, 3.63) is 52.3 Å². The number of ketones is 1. The molecule has 0 bridgehead atoms. The van der Waals surface area contributed by atoms with Crippen molar-refractivity contribution >= 4 is 11.8 Å². The van der Waals surface area contributed by atoms with Crippen molar-refractivity contribution in [1.29, 1.82) is 0 Å². The van der Waals surface area contributed by atoms with Gasteiger partial charge in [-0.25, -0.2) is 4.79 Å². The molecule has 0 amide bonds. The highest BCUT2D eigenvalue weighted by atomic mass is 16.5. The Balaban J connectivity index is 2.23. The summed E-state index contributed by atoms with van der Waals surface area (Å²) in [5, 5.41) is 6.64. The number of aryl methyl sites for hydroxylation is 2. The zero-order chi connectivity index (χ0) is 15.4. The molecule has 2 aromatic rings. The van der Waals surface area contributed by atoms with Crippen molar-refractivity contribution in [1.82, 2.24) is 10.2 Å². The van der Waals surface area contributed by atoms with Crippen LogP contribution >= 0.6 is 0 Å². The summed E-state index contributed by atoms with van der Waals surface area (Å²) >= 11 is 0. The van der Waals surface area contributed by atoms with E-state index in [1.165, 1.54) is 0 Å². The highest BCUT2D eigenvalue weighted by Crippen LogP contribution is 2.15. The molecule has 0 unspecified atom stereocenters. The van der Waals surface area contributed by atoms with Gasteiger partial charge in [-0.15, -0.1) is 0 Å². The third kappa shape index (κ3) is 3.37. The largest absolute Gasteiger partial charge is 0.462 e. The Morgan fingerprint density at radius 2 is 1.86 bits per heavy atom. The minimum absolute atomic E-state index is 0.145. The van der Waals surface area contributed by atoms with E-state index >= 15 is 0 Å². The number of H-pyrrole nitrogens is 1. The van der Waals surface area contributed by atoms with Crippen LogP contribution in [0.2, 0.25) is 0 Å². The molecule has 5 heteroatoms. The lowest BCUT2D eigenvalue weighted by Crippen LogP contribution is -2.13. The standard InChI is InChI=1S/C16H18N2O3/c1-4-21-16(20)14-11(3)17-18-15(14)13(19)9-12-7-5-10(2)6-8-12/h5-8H,4,9H2,1-3H3,(H,17,18). The SMILES string of the molecule is CCOC(=O)c1c(C(=O)Cc2ccc(C)cc2)n[nH]c1C. The predicted molar refractivity (Wildman–Crippen MR) is 78.5 cm³/mol. The Kier molecular flexibility index (Phi) is 4.52. The molecule has 21 heavy (non-hydrogen) atoms. The number of rotatable bonds is 5. The molecule has 0 fully saturated rings. The van der Waals surface area contributed by atoms with Crippen molar-refractivity contribution in [2.75, 3.05) is 6.61 Å². The van der Waals surface area contributed by atoms with Gasteiger partial charge >= 0.3 is 5.97 Å². The predicted octanol–water partition coefficient (Wildman–Crippen LogP) is 2.63. The Labute approximate surface area is 123 Å². The van der Waals surface area contributed by atoms with Crippen LogP contribution in [0, 0.1) is 13.8 Å². The van der Waals surface area contributed by atoms with Crippen LogP contribution in [0.1, 0.15) is 44.6 Å². The fourth-order valence-electron chi connectivity index (χ4n) is 2.06. The lowest BCUT2D eigenvalue weighted by Gasteiger charge is -2.04. The number of carbonyl (C=O) groups is 2. The van der Waals surface area contributed by atoms with Crippen LogP contribution in [-0.4, -0.2) is 28.6 Å². The molecule has 0 aliphatic heterocycles. The van der Waals surface area contributed by atoms with Crippen LogP contribution in [0.4, 0.5) is 0 Å². The summed E-state index contributed by atoms with van der Waals surface area (Å²) in [4.78, 5) is 24.3. The zero-order valence-electron chi connectivity index (χ0n) is 12.4. The second-order valence-electron chi connectivity index (χ2n) is 4.88. The fraction of sp³-hybridized carbons (Fsp3) is 0.312. The normalized spacial score (nSPS) is 10.4. The van der Waals surface area contributed by atoms with E-state index in [4.69, 9.17) is 4.74 Å². The van der Waals surface area contributed by atoms with Crippen LogP contribution in [0.3, 0.4) is 0 Å². The number of benzene rings is 1. The maximum Gasteiger partial charge on any atom is 0.342 e. The second-order valence-corrected chi connectivity index (χ2v) is 4.88. The van der Waals surface area contributed by atoms with Crippen LogP contribution in [-0.2, 0) is 11.2 Å². The molecule has 1 heterocycles. The molecule has 5 nitrogen and oxygen atoms in total. The van der Waals surface area contributed by atoms with Gasteiger partial charge in [0.25, 0.3) is 0 Å². The number of esters is 1. The van der Waals surface area contributed by atoms with Crippen molar-refractivity contribution in [2.24, 2.45) is 0 Å². The van der Waals surface area contributed by atoms with E-state index in [9.17, 15) is 9.59 Å². The van der Waals surface area contributed by atoms with E-state index in [-0.39, 0.29) is 30.1 Å². The maximum atomic E-state index is 12.4. The number of aromatic amines is 1. The first-order valence-electron chi connectivity index (χ1n) is 6.83. The van der Waals surface area contributed by atoms with Crippen LogP contribution < -0.4 is 0 Å². The van der Waals surface area contributed by atoms with Crippen molar-refractivity contribution < 1.29 is 14.3 Å². The number of carbonyl (C=O) groups excluding carboxylic acids is 2. The van der Waals surface area contributed by atoms with Crippen molar-refractivity contribution in [2.45, 2.75) is 27.2 Å². The van der Waals surface area contributed by atoms with Crippen molar-refractivity contribution in [3.8, 4) is 0 Å². The van der Waals surface area contributed by atoms with Gasteiger partial charge < -0.3 is 4.74 Å². The molecular formula is C16H18N2O3. The topological polar surface area (TPSA) is 72.1 Å². The third-order valence-electron chi connectivity index (χ3n) is 3.18. The number of aromatic nitrogens is 2. The minimum Gasteiger partial charge on any atom is -0.462 e. The molecule has 1 N–H and O–H groups in total. The van der Waals surface area contributed by atoms with E-state index in [1.54, 1.807) is 13.8 Å². The maximum absolute atomic E-state index is 12.4. The van der Waals surface area contributed by atoms with E-state index in [1.807, 2.05) is 31.2 Å². The van der Waals surface area contributed by atoms with Crippen LogP contribution in [0.5, 0.6) is 0 Å². The Bertz CT molecular complexity index is 657. The number of hydrogen-bond donors (Lipinski definition) is 1. The van der Waals surface area contributed by atoms with E-state index < -0.39 is 5.97 Å². The highest BCUT2D eigenvalue weighted by Gasteiger charge is 2.24. The van der Waals surface area contributed by atoms with E-state index in [0.29, 0.717) is 5.69 Å². The monoisotopic (exact) mass is 286 g/mol. The number of nitrogens with zero attached hydrogens (tertiary/aromatic N) is 1. The average Bonchev–Trinajstić information content (AvgIpc) is 2.83. The molecule has 2 rings (SSSR count). The molecule has 0 saturated carbocycles. The summed E-state index contributed by atoms with van der Waals surface area (Å²) in [5.41, 5.74) is 2.94. The summed E-state index contributed by atoms with van der Waals surface area (Å²) < 4.78 is 4.97. The third-order valence-corrected chi connectivity index (χ3v) is 3.18. The lowest BCUT2D eigenvalue weighted by atomic mass is 10.0.